The molecule has 16 rings (SSSR count). The minimum Gasteiger partial charge on any atom is -0.172 e. The fourth-order valence-electron chi connectivity index (χ4n) is 11.6. The summed E-state index contributed by atoms with van der Waals surface area (Å²) in [5.74, 6) is 0. The Labute approximate surface area is 734 Å². The van der Waals surface area contributed by atoms with Crippen LogP contribution in [-0.2, 0) is 112 Å². The molecular weight excluding hydrogens is 2350 g/mol. The van der Waals surface area contributed by atoms with E-state index >= 15 is 0 Å². The Kier molecular flexibility index (Phi) is 44.5. The van der Waals surface area contributed by atoms with Crippen LogP contribution in [0.5, 0.6) is 0 Å². The second-order valence-electron chi connectivity index (χ2n) is 23.8. The van der Waals surface area contributed by atoms with Crippen LogP contribution in [0, 0.1) is 13.3 Å². The van der Waals surface area contributed by atoms with Crippen LogP contribution in [-0.4, -0.2) is 0 Å². The molecule has 0 nitrogen and oxygen atoms in total. The van der Waals surface area contributed by atoms with Crippen LogP contribution in [0.1, 0.15) is 0 Å². The largest absolute Gasteiger partial charge is 1.00 e. The predicted octanol–water partition coefficient (Wildman–Crippen LogP) is 19.1. The van der Waals surface area contributed by atoms with E-state index in [1.165, 1.54) is 84.9 Å². The van der Waals surface area contributed by atoms with Crippen LogP contribution in [0.2, 0.25) is 0 Å². The first-order chi connectivity index (χ1) is 51.6. The van der Waals surface area contributed by atoms with Crippen LogP contribution >= 0.6 is 47.5 Å². The van der Waals surface area contributed by atoms with E-state index in [1.54, 1.807) is 0 Å². The van der Waals surface area contributed by atoms with Crippen molar-refractivity contribution in [1.29, 1.82) is 0 Å². The average molecular weight is 2430 g/mol. The first-order valence-electron chi connectivity index (χ1n) is 35.0. The number of rotatable bonds is 16. The topological polar surface area (TPSA) is 0 Å². The minimum absolute atomic E-state index is 0. The van der Waals surface area contributed by atoms with Gasteiger partial charge in [0.1, 0.15) is 0 Å². The molecule has 16 aromatic carbocycles. The van der Waals surface area contributed by atoms with Gasteiger partial charge < -0.3 is 0 Å². The fraction of sp³-hybridized carbons (Fsp3) is 0. The molecule has 561 valence electrons. The number of hydrogen-bond acceptors (Lipinski definition) is 0. The van der Waals surface area contributed by atoms with Gasteiger partial charge in [-0.25, -0.2) is 0 Å². The third kappa shape index (κ3) is 29.4. The Bertz CT molecular complexity index is 3880. The van der Waals surface area contributed by atoms with E-state index in [4.69, 9.17) is 0 Å². The summed E-state index contributed by atoms with van der Waals surface area (Å²) < 4.78 is 0. The van der Waals surface area contributed by atoms with Crippen molar-refractivity contribution >= 4 is 132 Å². The van der Waals surface area contributed by atoms with Gasteiger partial charge >= 0.3 is 44.8 Å². The van der Waals surface area contributed by atoms with Gasteiger partial charge in [-0.1, -0.05) is 453 Å². The molecule has 0 spiro atoms. The number of benzene rings is 16. The molecule has 0 bridgehead atoms. The van der Waals surface area contributed by atoms with Gasteiger partial charge in [-0.15, -0.1) is 0 Å². The Morgan fingerprint density at radius 1 is 0.128 bits per heavy atom. The van der Waals surface area contributed by atoms with Crippen molar-refractivity contribution < 1.29 is 112 Å². The summed E-state index contributed by atoms with van der Waals surface area (Å²) >= 11 is 0. The van der Waals surface area contributed by atoms with Crippen LogP contribution in [0.4, 0.5) is 0 Å². The zero-order valence-corrected chi connectivity index (χ0v) is 76.3. The molecule has 0 aliphatic rings. The summed E-state index contributed by atoms with van der Waals surface area (Å²) in [7, 11) is -3.37. The maximum Gasteiger partial charge on any atom is 1.00 e. The van der Waals surface area contributed by atoms with Crippen molar-refractivity contribution in [3.05, 3.63) is 499 Å². The molecule has 0 heterocycles. The van der Waals surface area contributed by atoms with Gasteiger partial charge in [-0.3, -0.25) is 0 Å². The first kappa shape index (κ1) is 91.7. The zero-order chi connectivity index (χ0) is 71.3. The Balaban J connectivity index is 0.000000203. The third-order valence-electron chi connectivity index (χ3n) is 16.7. The molecule has 0 unspecified atom stereocenters. The summed E-state index contributed by atoms with van der Waals surface area (Å²) in [5, 5.41) is 22.2. The summed E-state index contributed by atoms with van der Waals surface area (Å²) in [6.45, 7) is 8.56. The van der Waals surface area contributed by atoms with Crippen molar-refractivity contribution in [3.8, 4) is 0 Å². The molecule has 0 atom stereocenters. The monoisotopic (exact) mass is 2430 g/mol. The van der Waals surface area contributed by atoms with Gasteiger partial charge in [0.05, 0.1) is 21.2 Å². The Hall–Kier alpha value is -6.20. The molecule has 0 aliphatic carbocycles. The van der Waals surface area contributed by atoms with Crippen LogP contribution in [0.15, 0.2) is 485 Å². The van der Waals surface area contributed by atoms with E-state index in [-0.39, 0.29) is 112 Å². The van der Waals surface area contributed by atoms with E-state index in [9.17, 15) is 0 Å². The second-order valence-corrected chi connectivity index (χ2v) is 36.9. The van der Waals surface area contributed by atoms with Gasteiger partial charge in [-0.05, 0) is 144 Å². The minimum atomic E-state index is -0.795. The zero-order valence-electron chi connectivity index (χ0n) is 59.9. The molecule has 0 fully saturated rings. The van der Waals surface area contributed by atoms with Crippen molar-refractivity contribution in [1.82, 2.24) is 0 Å². The molecule has 16 aromatic rings. The molecule has 109 heavy (non-hydrogen) atoms. The van der Waals surface area contributed by atoms with Crippen molar-refractivity contribution in [2.75, 3.05) is 0 Å². The average Bonchev–Trinajstić information content (AvgIpc) is 0.839. The van der Waals surface area contributed by atoms with E-state index < -0.39 is 47.5 Å². The van der Waals surface area contributed by atoms with Gasteiger partial charge in [0.25, 0.3) is 0 Å². The second kappa shape index (κ2) is 52.9. The molecule has 11 heteroatoms. The maximum atomic E-state index is 4.28. The predicted molar refractivity (Wildman–Crippen MR) is 472 cm³/mol. The molecule has 0 amide bonds. The molecule has 0 N–H and O–H groups in total. The third-order valence-corrected chi connectivity index (χ3v) is 30.6. The maximum absolute atomic E-state index is 4.28. The van der Waals surface area contributed by atoms with E-state index in [2.05, 4.69) is 474 Å². The van der Waals surface area contributed by atoms with Gasteiger partial charge in [0.15, 0.2) is 0 Å². The summed E-state index contributed by atoms with van der Waals surface area (Å²) in [5.41, 5.74) is 0. The van der Waals surface area contributed by atoms with Gasteiger partial charge in [-0.2, -0.15) is 13.3 Å². The Morgan fingerprint density at radius 3 is 0.284 bits per heavy atom. The summed E-state index contributed by atoms with van der Waals surface area (Å²) in [6, 6.07) is 171. The molecule has 0 aromatic heterocycles. The smallest absolute Gasteiger partial charge is 0.172 e. The van der Waals surface area contributed by atoms with Gasteiger partial charge in [0, 0.05) is 67.1 Å². The Morgan fingerprint density at radius 2 is 0.202 bits per heavy atom. The van der Waals surface area contributed by atoms with Crippen molar-refractivity contribution in [3.63, 3.8) is 0 Å². The standard InChI is InChI=1S/4C18H15P.2C13H13P.5Au/c4*1-4-10-16(11-5-1)19(17-12-6-2-7-13-17)18-14-8-3-9-15-18;2*1-14(12-8-4-2-5-9-12)13-10-6-3-7-11-13;;;;;/h4*1-15H;2*2-11,14H,1H2;;;;;/q;;;;;;;;;2*+1. The van der Waals surface area contributed by atoms with E-state index in [0.29, 0.717) is 0 Å². The van der Waals surface area contributed by atoms with Gasteiger partial charge in [0.2, 0.25) is 0 Å². The molecule has 0 aliphatic heterocycles. The first-order valence-corrected chi connectivity index (χ1v) is 43.7. The van der Waals surface area contributed by atoms with Crippen molar-refractivity contribution in [2.24, 2.45) is 0 Å². The quantitative estimate of drug-likeness (QED) is 0.0514. The van der Waals surface area contributed by atoms with Crippen molar-refractivity contribution in [2.45, 2.75) is 0 Å². The summed E-state index contributed by atoms with van der Waals surface area (Å²) in [6.07, 6.45) is 0. The number of hydrogen-bond donors (Lipinski definition) is 0. The molecule has 0 saturated carbocycles. The molecule has 3 radical (unpaired) electrons. The molecular formula is C98H86Au5P6+2. The van der Waals surface area contributed by atoms with Crippen LogP contribution in [0.25, 0.3) is 0 Å². The van der Waals surface area contributed by atoms with Crippen LogP contribution < -0.4 is 84.9 Å². The van der Waals surface area contributed by atoms with E-state index in [0.717, 1.165) is 0 Å². The molecule has 0 saturated heterocycles. The van der Waals surface area contributed by atoms with E-state index in [1.807, 2.05) is 24.3 Å². The summed E-state index contributed by atoms with van der Waals surface area (Å²) in [4.78, 5) is 0. The fourth-order valence-corrected chi connectivity index (χ4v) is 23.9. The van der Waals surface area contributed by atoms with Crippen LogP contribution in [0.3, 0.4) is 0 Å². The normalized spacial score (nSPS) is 10.1. The SMILES string of the molecule is [Au+].[Au+].[Au].[Au].[Au].[CH2-][PH+](c1ccccc1)c1ccccc1.[CH2-][PH+](c1ccccc1)c1ccccc1.c1ccc(P(c2ccccc2)c2ccccc2)cc1.c1ccc(P(c2ccccc2)c2ccccc2)cc1.c1ccc(P(c2ccccc2)c2ccccc2)cc1.c1ccc(P(c2ccccc2)c2ccccc2)cc1.